The molecule has 0 saturated carbocycles. The molecule has 1 atom stereocenters. The molecule has 1 aliphatic carbocycles. The minimum absolute atomic E-state index is 0.613. The molecular formula is C15H25NS. The standard InChI is InChI=1S/C15H25NS/c1-3-5-6-9-13(16-4-2)15-11-12-8-7-10-14(12)17-15/h11,13,16H,3-10H2,1-2H3. The van der Waals surface area contributed by atoms with Crippen LogP contribution < -0.4 is 5.32 Å². The van der Waals surface area contributed by atoms with Crippen LogP contribution in [0.3, 0.4) is 0 Å². The molecule has 1 unspecified atom stereocenters. The van der Waals surface area contributed by atoms with E-state index in [2.05, 4.69) is 36.6 Å². The van der Waals surface area contributed by atoms with Gasteiger partial charge in [0.25, 0.3) is 0 Å². The van der Waals surface area contributed by atoms with Crippen LogP contribution in [-0.2, 0) is 12.8 Å². The summed E-state index contributed by atoms with van der Waals surface area (Å²) in [6.07, 6.45) is 9.38. The van der Waals surface area contributed by atoms with E-state index in [1.54, 1.807) is 15.3 Å². The van der Waals surface area contributed by atoms with E-state index in [-0.39, 0.29) is 0 Å². The Morgan fingerprint density at radius 3 is 2.88 bits per heavy atom. The van der Waals surface area contributed by atoms with E-state index >= 15 is 0 Å². The monoisotopic (exact) mass is 251 g/mol. The topological polar surface area (TPSA) is 12.0 Å². The molecule has 1 heterocycles. The van der Waals surface area contributed by atoms with Crippen LogP contribution in [0.15, 0.2) is 6.07 Å². The molecule has 1 aromatic heterocycles. The van der Waals surface area contributed by atoms with Crippen LogP contribution in [0, 0.1) is 0 Å². The Balaban J connectivity index is 1.98. The van der Waals surface area contributed by atoms with Crippen LogP contribution in [-0.4, -0.2) is 6.54 Å². The second-order valence-corrected chi connectivity index (χ2v) is 6.23. The minimum atomic E-state index is 0.613. The Morgan fingerprint density at radius 1 is 1.29 bits per heavy atom. The molecule has 17 heavy (non-hydrogen) atoms. The molecule has 1 N–H and O–H groups in total. The summed E-state index contributed by atoms with van der Waals surface area (Å²) in [5.74, 6) is 0. The van der Waals surface area contributed by atoms with E-state index in [0.717, 1.165) is 6.54 Å². The molecular weight excluding hydrogens is 226 g/mol. The van der Waals surface area contributed by atoms with Crippen molar-refractivity contribution < 1.29 is 0 Å². The van der Waals surface area contributed by atoms with Crippen LogP contribution in [0.4, 0.5) is 0 Å². The Hall–Kier alpha value is -0.340. The van der Waals surface area contributed by atoms with Gasteiger partial charge in [0.1, 0.15) is 0 Å². The normalized spacial score (nSPS) is 16.1. The first-order valence-corrected chi connectivity index (χ1v) is 8.01. The smallest absolute Gasteiger partial charge is 0.0414 e. The van der Waals surface area contributed by atoms with Gasteiger partial charge in [0, 0.05) is 15.8 Å². The van der Waals surface area contributed by atoms with Crippen molar-refractivity contribution in [3.63, 3.8) is 0 Å². The van der Waals surface area contributed by atoms with Crippen LogP contribution in [0.1, 0.15) is 67.3 Å². The van der Waals surface area contributed by atoms with Crippen molar-refractivity contribution in [3.8, 4) is 0 Å². The number of nitrogens with one attached hydrogen (secondary N) is 1. The average Bonchev–Trinajstić information content (AvgIpc) is 2.88. The molecule has 0 radical (unpaired) electrons. The molecule has 96 valence electrons. The van der Waals surface area contributed by atoms with Gasteiger partial charge >= 0.3 is 0 Å². The summed E-state index contributed by atoms with van der Waals surface area (Å²) in [6, 6.07) is 3.09. The third kappa shape index (κ3) is 3.32. The Kier molecular flexibility index (Phi) is 5.05. The highest BCUT2D eigenvalue weighted by atomic mass is 32.1. The number of hydrogen-bond acceptors (Lipinski definition) is 2. The third-order valence-electron chi connectivity index (χ3n) is 3.66. The average molecular weight is 251 g/mol. The van der Waals surface area contributed by atoms with Crippen molar-refractivity contribution in [2.45, 2.75) is 64.8 Å². The van der Waals surface area contributed by atoms with E-state index < -0.39 is 0 Å². The fourth-order valence-corrected chi connectivity index (χ4v) is 4.08. The lowest BCUT2D eigenvalue weighted by Gasteiger charge is -2.16. The zero-order valence-electron chi connectivity index (χ0n) is 11.2. The first kappa shape index (κ1) is 13.1. The Morgan fingerprint density at radius 2 is 2.18 bits per heavy atom. The predicted molar refractivity (Wildman–Crippen MR) is 76.9 cm³/mol. The molecule has 0 amide bonds. The van der Waals surface area contributed by atoms with Crippen molar-refractivity contribution in [3.05, 3.63) is 21.4 Å². The summed E-state index contributed by atoms with van der Waals surface area (Å²) in [5.41, 5.74) is 1.64. The van der Waals surface area contributed by atoms with Gasteiger partial charge in [-0.2, -0.15) is 0 Å². The van der Waals surface area contributed by atoms with E-state index in [0.29, 0.717) is 6.04 Å². The fraction of sp³-hybridized carbons (Fsp3) is 0.733. The number of unbranched alkanes of at least 4 members (excludes halogenated alkanes) is 2. The predicted octanol–water partition coefficient (Wildman–Crippen LogP) is 4.47. The van der Waals surface area contributed by atoms with Gasteiger partial charge in [-0.15, -0.1) is 11.3 Å². The molecule has 1 aromatic rings. The molecule has 0 aliphatic heterocycles. The number of rotatable bonds is 7. The summed E-state index contributed by atoms with van der Waals surface area (Å²) in [5, 5.41) is 3.66. The maximum atomic E-state index is 3.66. The van der Waals surface area contributed by atoms with Gasteiger partial charge in [-0.05, 0) is 43.9 Å². The van der Waals surface area contributed by atoms with E-state index in [1.807, 2.05) is 0 Å². The maximum Gasteiger partial charge on any atom is 0.0414 e. The van der Waals surface area contributed by atoms with E-state index in [9.17, 15) is 0 Å². The van der Waals surface area contributed by atoms with Gasteiger partial charge < -0.3 is 5.32 Å². The number of hydrogen-bond donors (Lipinski definition) is 1. The summed E-state index contributed by atoms with van der Waals surface area (Å²) < 4.78 is 0. The van der Waals surface area contributed by atoms with Gasteiger partial charge in [-0.1, -0.05) is 33.1 Å². The minimum Gasteiger partial charge on any atom is -0.310 e. The SMILES string of the molecule is CCCCCC(NCC)c1cc2c(s1)CCC2. The quantitative estimate of drug-likeness (QED) is 0.705. The highest BCUT2D eigenvalue weighted by Crippen LogP contribution is 2.35. The van der Waals surface area contributed by atoms with Crippen molar-refractivity contribution in [2.75, 3.05) is 6.54 Å². The zero-order chi connectivity index (χ0) is 12.1. The lowest BCUT2D eigenvalue weighted by atomic mass is 10.1. The molecule has 0 aromatic carbocycles. The second-order valence-electron chi connectivity index (χ2n) is 5.06. The van der Waals surface area contributed by atoms with Gasteiger partial charge in [-0.3, -0.25) is 0 Å². The van der Waals surface area contributed by atoms with Crippen molar-refractivity contribution in [1.82, 2.24) is 5.32 Å². The van der Waals surface area contributed by atoms with Gasteiger partial charge in [-0.25, -0.2) is 0 Å². The zero-order valence-corrected chi connectivity index (χ0v) is 12.0. The Labute approximate surface area is 110 Å². The molecule has 1 aliphatic rings. The van der Waals surface area contributed by atoms with Crippen molar-refractivity contribution in [1.29, 1.82) is 0 Å². The highest BCUT2D eigenvalue weighted by Gasteiger charge is 2.19. The molecule has 0 spiro atoms. The summed E-state index contributed by atoms with van der Waals surface area (Å²) >= 11 is 2.07. The fourth-order valence-electron chi connectivity index (χ4n) is 2.71. The second kappa shape index (κ2) is 6.55. The number of fused-ring (bicyclic) bond motifs is 1. The molecule has 1 nitrogen and oxygen atoms in total. The van der Waals surface area contributed by atoms with Gasteiger partial charge in [0.2, 0.25) is 0 Å². The van der Waals surface area contributed by atoms with Crippen LogP contribution >= 0.6 is 11.3 Å². The van der Waals surface area contributed by atoms with Gasteiger partial charge in [0.15, 0.2) is 0 Å². The molecule has 0 bridgehead atoms. The van der Waals surface area contributed by atoms with Crippen LogP contribution in [0.5, 0.6) is 0 Å². The van der Waals surface area contributed by atoms with Crippen LogP contribution in [0.25, 0.3) is 0 Å². The summed E-state index contributed by atoms with van der Waals surface area (Å²) in [6.45, 7) is 5.58. The number of thiophene rings is 1. The van der Waals surface area contributed by atoms with Crippen molar-refractivity contribution >= 4 is 11.3 Å². The van der Waals surface area contributed by atoms with Crippen molar-refractivity contribution in [2.24, 2.45) is 0 Å². The van der Waals surface area contributed by atoms with E-state index in [1.165, 1.54) is 44.9 Å². The highest BCUT2D eigenvalue weighted by molar-refractivity contribution is 7.12. The Bertz CT molecular complexity index is 321. The first-order chi connectivity index (χ1) is 8.35. The third-order valence-corrected chi connectivity index (χ3v) is 5.01. The lowest BCUT2D eigenvalue weighted by molar-refractivity contribution is 0.492. The summed E-state index contributed by atoms with van der Waals surface area (Å²) in [4.78, 5) is 3.26. The maximum absolute atomic E-state index is 3.66. The molecule has 2 rings (SSSR count). The molecule has 0 fully saturated rings. The molecule has 0 saturated heterocycles. The lowest BCUT2D eigenvalue weighted by Crippen LogP contribution is -2.19. The van der Waals surface area contributed by atoms with Gasteiger partial charge in [0.05, 0.1) is 0 Å². The number of aryl methyl sites for hydroxylation is 2. The van der Waals surface area contributed by atoms with Crippen LogP contribution in [0.2, 0.25) is 0 Å². The van der Waals surface area contributed by atoms with E-state index in [4.69, 9.17) is 0 Å². The first-order valence-electron chi connectivity index (χ1n) is 7.20. The largest absolute Gasteiger partial charge is 0.310 e. The summed E-state index contributed by atoms with van der Waals surface area (Å²) in [7, 11) is 0. The molecule has 2 heteroatoms.